The molecule has 0 saturated heterocycles. The van der Waals surface area contributed by atoms with Gasteiger partial charge in [-0.2, -0.15) is 0 Å². The normalized spacial score (nSPS) is 14.2. The van der Waals surface area contributed by atoms with Gasteiger partial charge >= 0.3 is 10.2 Å². The molecule has 0 aliphatic carbocycles. The molecule has 26 heavy (non-hydrogen) atoms. The lowest BCUT2D eigenvalue weighted by Gasteiger charge is -2.05. The number of thiazole rings is 1. The number of nitrogens with zero attached hydrogens (tertiary/aromatic N) is 1. The number of hydrogen-bond acceptors (Lipinski definition) is 5. The molecule has 3 aromatic rings. The van der Waals surface area contributed by atoms with Gasteiger partial charge in [-0.3, -0.25) is 0 Å². The topological polar surface area (TPSA) is 50.4 Å². The van der Waals surface area contributed by atoms with Crippen LogP contribution in [-0.2, 0) is 0 Å². The number of phenolic OH excluding ortho intramolecular Hbond substituents is 1. The summed E-state index contributed by atoms with van der Waals surface area (Å²) in [6.45, 7) is 0. The van der Waals surface area contributed by atoms with Crippen molar-refractivity contribution in [3.63, 3.8) is 0 Å². The van der Waals surface area contributed by atoms with Crippen molar-refractivity contribution in [2.24, 2.45) is 0 Å². The number of fused-ring (bicyclic) bond motifs is 1. The summed E-state index contributed by atoms with van der Waals surface area (Å²) >= 11 is 2.96. The Kier molecular flexibility index (Phi) is 5.36. The number of para-hydroxylation sites is 1. The van der Waals surface area contributed by atoms with Gasteiger partial charge in [-0.25, -0.2) is 4.79 Å². The highest BCUT2D eigenvalue weighted by molar-refractivity contribution is 8.05. The molecular weight excluding hydrogens is 390 g/mol. The molecule has 0 bridgehead atoms. The van der Waals surface area contributed by atoms with E-state index < -0.39 is 0 Å². The number of ether oxygens (including phenoxy) is 1. The predicted molar refractivity (Wildman–Crippen MR) is 106 cm³/mol. The van der Waals surface area contributed by atoms with E-state index in [0.717, 1.165) is 15.6 Å². The van der Waals surface area contributed by atoms with Crippen LogP contribution in [0.1, 0.15) is 10.4 Å². The quantitative estimate of drug-likeness (QED) is 0.511. The van der Waals surface area contributed by atoms with Crippen LogP contribution in [0.5, 0.6) is 11.5 Å². The van der Waals surface area contributed by atoms with E-state index in [4.69, 9.17) is 4.74 Å². The number of carbonyl (C=O) groups is 1. The van der Waals surface area contributed by atoms with Crippen LogP contribution in [0.25, 0.3) is 17.3 Å². The number of aromatic nitrogens is 1. The Balaban J connectivity index is 0.00000196. The van der Waals surface area contributed by atoms with Crippen LogP contribution in [0.2, 0.25) is 0 Å². The Bertz CT molecular complexity index is 999. The van der Waals surface area contributed by atoms with E-state index in [1.165, 1.54) is 18.9 Å². The number of methoxy groups -OCH3 is 1. The number of hydrogen-bond donors (Lipinski definition) is 1. The summed E-state index contributed by atoms with van der Waals surface area (Å²) in [5, 5.41) is 12.2. The van der Waals surface area contributed by atoms with Crippen LogP contribution in [0.15, 0.2) is 63.2 Å². The van der Waals surface area contributed by atoms with Crippen molar-refractivity contribution in [2.75, 3.05) is 7.11 Å². The fourth-order valence-corrected chi connectivity index (χ4v) is 4.85. The average molecular weight is 405 g/mol. The highest BCUT2D eigenvalue weighted by Gasteiger charge is 2.40. The molecule has 0 fully saturated rings. The van der Waals surface area contributed by atoms with E-state index in [2.05, 4.69) is 0 Å². The lowest BCUT2D eigenvalue weighted by Crippen LogP contribution is -2.40. The SMILES string of the molecule is COc1cccc(/C=C2/Sc3scc(-c4ccccc4)[n+]3C2=O)c1O.Cl. The number of rotatable bonds is 3. The fraction of sp³-hybridized carbons (Fsp3) is 0.0526. The molecule has 1 aliphatic rings. The number of phenols is 1. The average Bonchev–Trinajstić information content (AvgIpc) is 3.18. The Morgan fingerprint density at radius 1 is 1.12 bits per heavy atom. The summed E-state index contributed by atoms with van der Waals surface area (Å²) in [6.07, 6.45) is 1.71. The fourth-order valence-electron chi connectivity index (χ4n) is 2.68. The predicted octanol–water partition coefficient (Wildman–Crippen LogP) is 4.63. The highest BCUT2D eigenvalue weighted by atomic mass is 35.5. The summed E-state index contributed by atoms with van der Waals surface area (Å²) in [6, 6.07) is 15.1. The first-order valence-corrected chi connectivity index (χ1v) is 9.28. The number of allylic oxidation sites excluding steroid dienone is 1. The molecule has 1 aromatic heterocycles. The standard InChI is InChI=1S/C19H13NO3S2.ClH/c1-23-15-9-5-8-13(17(15)21)10-16-18(22)20-14(11-24-19(20)25-16)12-6-3-2-4-7-12;/h2-11H,1H3;1H/p+1. The van der Waals surface area contributed by atoms with Crippen LogP contribution >= 0.6 is 35.5 Å². The number of thioether (sulfide) groups is 1. The smallest absolute Gasteiger partial charge is 0.433 e. The Morgan fingerprint density at radius 2 is 1.88 bits per heavy atom. The van der Waals surface area contributed by atoms with E-state index in [9.17, 15) is 9.90 Å². The van der Waals surface area contributed by atoms with Crippen LogP contribution in [-0.4, -0.2) is 18.1 Å². The lowest BCUT2D eigenvalue weighted by molar-refractivity contribution is -0.588. The van der Waals surface area contributed by atoms with Crippen molar-refractivity contribution in [3.8, 4) is 22.8 Å². The largest absolute Gasteiger partial charge is 0.504 e. The molecule has 2 heterocycles. The van der Waals surface area contributed by atoms with Gasteiger partial charge in [-0.05, 0) is 24.3 Å². The van der Waals surface area contributed by atoms with Crippen LogP contribution in [0.3, 0.4) is 0 Å². The summed E-state index contributed by atoms with van der Waals surface area (Å²) < 4.78 is 7.77. The van der Waals surface area contributed by atoms with Crippen molar-refractivity contribution in [3.05, 3.63) is 64.4 Å². The molecule has 1 N–H and O–H groups in total. The van der Waals surface area contributed by atoms with Gasteiger partial charge in [0.05, 0.1) is 12.5 Å². The number of carbonyl (C=O) groups excluding carboxylic acids is 1. The highest BCUT2D eigenvalue weighted by Crippen LogP contribution is 2.39. The minimum Gasteiger partial charge on any atom is -0.504 e. The molecule has 0 radical (unpaired) electrons. The maximum Gasteiger partial charge on any atom is 0.433 e. The molecule has 0 atom stereocenters. The van der Waals surface area contributed by atoms with Gasteiger partial charge in [-0.1, -0.05) is 41.7 Å². The Hall–Kier alpha value is -2.28. The zero-order valence-electron chi connectivity index (χ0n) is 13.7. The zero-order chi connectivity index (χ0) is 17.4. The molecule has 0 unspecified atom stereocenters. The monoisotopic (exact) mass is 404 g/mol. The van der Waals surface area contributed by atoms with E-state index >= 15 is 0 Å². The van der Waals surface area contributed by atoms with Gasteiger partial charge in [0.15, 0.2) is 11.5 Å². The zero-order valence-corrected chi connectivity index (χ0v) is 16.2. The molecule has 2 aromatic carbocycles. The maximum atomic E-state index is 12.9. The third-order valence-electron chi connectivity index (χ3n) is 3.91. The van der Waals surface area contributed by atoms with Crippen molar-refractivity contribution >= 4 is 47.5 Å². The van der Waals surface area contributed by atoms with Crippen molar-refractivity contribution in [1.29, 1.82) is 0 Å². The van der Waals surface area contributed by atoms with E-state index in [-0.39, 0.29) is 24.1 Å². The summed E-state index contributed by atoms with van der Waals surface area (Å²) in [4.78, 5) is 13.5. The first-order chi connectivity index (χ1) is 12.2. The second-order valence-electron chi connectivity index (χ2n) is 5.40. The van der Waals surface area contributed by atoms with E-state index in [1.807, 2.05) is 35.7 Å². The van der Waals surface area contributed by atoms with Crippen molar-refractivity contribution in [1.82, 2.24) is 0 Å². The van der Waals surface area contributed by atoms with Gasteiger partial charge in [0.2, 0.25) is 5.69 Å². The van der Waals surface area contributed by atoms with Gasteiger partial charge in [0, 0.05) is 22.9 Å². The first-order valence-electron chi connectivity index (χ1n) is 7.58. The molecule has 4 rings (SSSR count). The minimum atomic E-state index is -0.0812. The van der Waals surface area contributed by atoms with Crippen molar-refractivity contribution < 1.29 is 19.2 Å². The molecule has 0 amide bonds. The molecule has 132 valence electrons. The van der Waals surface area contributed by atoms with E-state index in [1.54, 1.807) is 40.2 Å². The third kappa shape index (κ3) is 3.11. The van der Waals surface area contributed by atoms with Crippen LogP contribution < -0.4 is 9.30 Å². The van der Waals surface area contributed by atoms with Gasteiger partial charge in [0.25, 0.3) is 0 Å². The second-order valence-corrected chi connectivity index (χ2v) is 7.55. The molecule has 0 spiro atoms. The van der Waals surface area contributed by atoms with Gasteiger partial charge in [0.1, 0.15) is 4.91 Å². The number of benzene rings is 2. The molecule has 0 saturated carbocycles. The Morgan fingerprint density at radius 3 is 2.62 bits per heavy atom. The Labute approximate surface area is 165 Å². The van der Waals surface area contributed by atoms with Crippen molar-refractivity contribution in [2.45, 2.75) is 4.34 Å². The third-order valence-corrected chi connectivity index (χ3v) is 6.05. The summed E-state index contributed by atoms with van der Waals surface area (Å²) in [5.41, 5.74) is 2.45. The summed E-state index contributed by atoms with van der Waals surface area (Å²) in [5.74, 6) is 0.342. The molecular formula is C19H15ClNO3S2+. The molecule has 4 nitrogen and oxygen atoms in total. The minimum absolute atomic E-state index is 0. The lowest BCUT2D eigenvalue weighted by atomic mass is 10.1. The van der Waals surface area contributed by atoms with Gasteiger partial charge < -0.3 is 9.84 Å². The first kappa shape index (κ1) is 18.5. The summed E-state index contributed by atoms with van der Waals surface area (Å²) in [7, 11) is 1.50. The van der Waals surface area contributed by atoms with Gasteiger partial charge in [-0.15, -0.1) is 17.0 Å². The number of aromatic hydroxyl groups is 1. The molecule has 7 heteroatoms. The maximum absolute atomic E-state index is 12.9. The second kappa shape index (κ2) is 7.53. The molecule has 1 aliphatic heterocycles. The van der Waals surface area contributed by atoms with Crippen LogP contribution in [0, 0.1) is 0 Å². The van der Waals surface area contributed by atoms with Crippen LogP contribution in [0.4, 0.5) is 0 Å². The van der Waals surface area contributed by atoms with E-state index in [0.29, 0.717) is 16.2 Å². The number of halogens is 1.